The number of amides is 3. The van der Waals surface area contributed by atoms with Gasteiger partial charge in [-0.25, -0.2) is 4.79 Å². The minimum Gasteiger partial charge on any atom is -0.396 e. The lowest BCUT2D eigenvalue weighted by atomic mass is 9.75. The van der Waals surface area contributed by atoms with Crippen LogP contribution in [0.3, 0.4) is 0 Å². The van der Waals surface area contributed by atoms with E-state index in [1.54, 1.807) is 11.3 Å². The highest BCUT2D eigenvalue weighted by Crippen LogP contribution is 2.42. The fourth-order valence-electron chi connectivity index (χ4n) is 4.93. The van der Waals surface area contributed by atoms with Gasteiger partial charge >= 0.3 is 6.03 Å². The first-order valence-electron chi connectivity index (χ1n) is 12.1. The normalized spacial score (nSPS) is 22.3. The quantitative estimate of drug-likeness (QED) is 0.445. The molecule has 0 bridgehead atoms. The zero-order chi connectivity index (χ0) is 23.3. The fraction of sp³-hybridized carbons (Fsp3) is 0.739. The standard InChI is InChI=1S/C23H40N6O2S/c1-4-7-9-29(23(31)26-8-10-28(5-2)6-3)22(30)16-11-15-12-17-19(13-18(15)27-14-16)32-21(25)20(17)24/h15-16,18,27H,4-14,24-25H2,1-3H3,(H,26,31)/t15-,16-,18-/m1/s1. The number of urea groups is 1. The minimum atomic E-state index is -0.265. The van der Waals surface area contributed by atoms with Crippen molar-refractivity contribution in [2.75, 3.05) is 50.7 Å². The van der Waals surface area contributed by atoms with E-state index >= 15 is 0 Å². The molecule has 9 heteroatoms. The average molecular weight is 465 g/mol. The number of piperidine rings is 1. The van der Waals surface area contributed by atoms with Crippen LogP contribution in [-0.4, -0.2) is 67.0 Å². The molecule has 1 aliphatic carbocycles. The Morgan fingerprint density at radius 3 is 2.59 bits per heavy atom. The number of fused-ring (bicyclic) bond motifs is 2. The molecule has 1 aromatic heterocycles. The Morgan fingerprint density at radius 1 is 1.16 bits per heavy atom. The molecule has 2 heterocycles. The molecule has 0 spiro atoms. The molecule has 3 atom stereocenters. The van der Waals surface area contributed by atoms with Crippen LogP contribution >= 0.6 is 11.3 Å². The predicted octanol–water partition coefficient (Wildman–Crippen LogP) is 2.29. The number of hydrogen-bond donors (Lipinski definition) is 4. The predicted molar refractivity (Wildman–Crippen MR) is 132 cm³/mol. The van der Waals surface area contributed by atoms with E-state index in [0.29, 0.717) is 42.3 Å². The van der Waals surface area contributed by atoms with Crippen molar-refractivity contribution in [3.05, 3.63) is 10.4 Å². The highest BCUT2D eigenvalue weighted by atomic mass is 32.1. The summed E-state index contributed by atoms with van der Waals surface area (Å²) in [4.78, 5) is 31.3. The van der Waals surface area contributed by atoms with Crippen LogP contribution in [0, 0.1) is 11.8 Å². The Balaban J connectivity index is 1.62. The van der Waals surface area contributed by atoms with Crippen molar-refractivity contribution in [2.45, 2.75) is 58.9 Å². The maximum atomic E-state index is 13.4. The van der Waals surface area contributed by atoms with Crippen molar-refractivity contribution < 1.29 is 9.59 Å². The van der Waals surface area contributed by atoms with Gasteiger partial charge in [0, 0.05) is 37.1 Å². The highest BCUT2D eigenvalue weighted by Gasteiger charge is 2.40. The summed E-state index contributed by atoms with van der Waals surface area (Å²) >= 11 is 1.59. The molecule has 1 aliphatic heterocycles. The Hall–Kier alpha value is -1.84. The molecule has 3 amide bonds. The number of nitrogens with two attached hydrogens (primary N) is 2. The molecule has 8 nitrogen and oxygen atoms in total. The number of anilines is 2. The highest BCUT2D eigenvalue weighted by molar-refractivity contribution is 7.16. The molecule has 1 aromatic rings. The van der Waals surface area contributed by atoms with Gasteiger partial charge in [-0.05, 0) is 50.3 Å². The Kier molecular flexibility index (Phi) is 8.79. The Bertz CT molecular complexity index is 794. The van der Waals surface area contributed by atoms with Gasteiger partial charge in [-0.1, -0.05) is 27.2 Å². The van der Waals surface area contributed by atoms with Gasteiger partial charge in [-0.3, -0.25) is 9.69 Å². The van der Waals surface area contributed by atoms with Crippen LogP contribution in [0.15, 0.2) is 0 Å². The zero-order valence-corrected chi connectivity index (χ0v) is 20.6. The van der Waals surface area contributed by atoms with Crippen LogP contribution in [0.5, 0.6) is 0 Å². The number of rotatable bonds is 9. The van der Waals surface area contributed by atoms with E-state index in [1.165, 1.54) is 15.3 Å². The molecule has 32 heavy (non-hydrogen) atoms. The van der Waals surface area contributed by atoms with E-state index in [-0.39, 0.29) is 17.9 Å². The van der Waals surface area contributed by atoms with Crippen LogP contribution in [0.4, 0.5) is 15.5 Å². The van der Waals surface area contributed by atoms with Crippen LogP contribution in [-0.2, 0) is 17.6 Å². The molecule has 0 saturated carbocycles. The number of thiophene rings is 1. The number of nitrogens with one attached hydrogen (secondary N) is 2. The van der Waals surface area contributed by atoms with Gasteiger partial charge in [0.1, 0.15) is 5.00 Å². The minimum absolute atomic E-state index is 0.0617. The van der Waals surface area contributed by atoms with Crippen molar-refractivity contribution in [3.8, 4) is 0 Å². The van der Waals surface area contributed by atoms with Crippen molar-refractivity contribution in [2.24, 2.45) is 11.8 Å². The smallest absolute Gasteiger partial charge is 0.324 e. The average Bonchev–Trinajstić information content (AvgIpc) is 3.07. The van der Waals surface area contributed by atoms with E-state index < -0.39 is 0 Å². The monoisotopic (exact) mass is 464 g/mol. The summed E-state index contributed by atoms with van der Waals surface area (Å²) in [6.07, 6.45) is 4.29. The summed E-state index contributed by atoms with van der Waals surface area (Å²) in [6.45, 7) is 10.6. The van der Waals surface area contributed by atoms with Gasteiger partial charge in [0.05, 0.1) is 11.6 Å². The number of hydrogen-bond acceptors (Lipinski definition) is 7. The summed E-state index contributed by atoms with van der Waals surface area (Å²) in [6, 6.07) is 0.0782. The summed E-state index contributed by atoms with van der Waals surface area (Å²) in [5.74, 6) is 0.0778. The van der Waals surface area contributed by atoms with Crippen LogP contribution in [0.1, 0.15) is 50.5 Å². The second kappa shape index (κ2) is 11.3. The largest absolute Gasteiger partial charge is 0.396 e. The summed E-state index contributed by atoms with van der Waals surface area (Å²) in [7, 11) is 0. The molecule has 180 valence electrons. The maximum Gasteiger partial charge on any atom is 0.324 e. The van der Waals surface area contributed by atoms with Crippen LogP contribution in [0.2, 0.25) is 0 Å². The fourth-order valence-corrected chi connectivity index (χ4v) is 6.01. The molecule has 2 aliphatic rings. The molecule has 3 rings (SSSR count). The second-order valence-electron chi connectivity index (χ2n) is 9.00. The van der Waals surface area contributed by atoms with Gasteiger partial charge in [0.2, 0.25) is 5.91 Å². The molecule has 0 aromatic carbocycles. The first-order valence-corrected chi connectivity index (χ1v) is 12.9. The van der Waals surface area contributed by atoms with E-state index in [2.05, 4.69) is 36.3 Å². The van der Waals surface area contributed by atoms with Gasteiger partial charge in [-0.2, -0.15) is 0 Å². The number of unbranched alkanes of at least 4 members (excludes halogenated alkanes) is 1. The third kappa shape index (κ3) is 5.55. The van der Waals surface area contributed by atoms with Crippen molar-refractivity contribution in [3.63, 3.8) is 0 Å². The molecular weight excluding hydrogens is 424 g/mol. The van der Waals surface area contributed by atoms with E-state index in [9.17, 15) is 9.59 Å². The number of carbonyl (C=O) groups is 2. The summed E-state index contributed by atoms with van der Waals surface area (Å²) < 4.78 is 0. The molecular formula is C23H40N6O2S. The van der Waals surface area contributed by atoms with E-state index in [0.717, 1.165) is 51.7 Å². The van der Waals surface area contributed by atoms with Gasteiger partial charge in [0.25, 0.3) is 0 Å². The zero-order valence-electron chi connectivity index (χ0n) is 19.8. The van der Waals surface area contributed by atoms with Gasteiger partial charge in [0.15, 0.2) is 0 Å². The topological polar surface area (TPSA) is 117 Å². The Morgan fingerprint density at radius 2 is 1.91 bits per heavy atom. The molecule has 1 saturated heterocycles. The lowest BCUT2D eigenvalue weighted by molar-refractivity contribution is -0.134. The lowest BCUT2D eigenvalue weighted by Gasteiger charge is -2.40. The molecule has 1 fully saturated rings. The molecule has 0 unspecified atom stereocenters. The van der Waals surface area contributed by atoms with Crippen molar-refractivity contribution >= 4 is 34.0 Å². The SMILES string of the molecule is CCCCN(C(=O)NCCN(CC)CC)C(=O)[C@H]1CN[C@@H]2Cc3sc(N)c(N)c3C[C@H]2C1. The van der Waals surface area contributed by atoms with Crippen LogP contribution < -0.4 is 22.1 Å². The number of carbonyl (C=O) groups excluding carboxylic acids is 2. The van der Waals surface area contributed by atoms with Crippen LogP contribution in [0.25, 0.3) is 0 Å². The summed E-state index contributed by atoms with van der Waals surface area (Å²) in [5, 5.41) is 7.25. The Labute approximate surface area is 196 Å². The van der Waals surface area contributed by atoms with E-state index in [4.69, 9.17) is 11.5 Å². The van der Waals surface area contributed by atoms with E-state index in [1.807, 2.05) is 0 Å². The molecule has 0 radical (unpaired) electrons. The third-order valence-corrected chi connectivity index (χ3v) is 8.11. The second-order valence-corrected chi connectivity index (χ2v) is 10.1. The van der Waals surface area contributed by atoms with Crippen molar-refractivity contribution in [1.82, 2.24) is 20.4 Å². The number of nitrogens with zero attached hydrogens (tertiary/aromatic N) is 2. The number of nitrogen functional groups attached to an aromatic ring is 2. The van der Waals surface area contributed by atoms with Gasteiger partial charge < -0.3 is 27.0 Å². The van der Waals surface area contributed by atoms with Crippen molar-refractivity contribution in [1.29, 1.82) is 0 Å². The first kappa shape index (κ1) is 24.8. The maximum absolute atomic E-state index is 13.4. The first-order chi connectivity index (χ1) is 15.4. The van der Waals surface area contributed by atoms with Gasteiger partial charge in [-0.15, -0.1) is 11.3 Å². The number of likely N-dealkylation sites (N-methyl/N-ethyl adjacent to an activating group) is 1. The molecule has 6 N–H and O–H groups in total. The lowest BCUT2D eigenvalue weighted by Crippen LogP contribution is -2.55. The third-order valence-electron chi connectivity index (χ3n) is 7.01. The summed E-state index contributed by atoms with van der Waals surface area (Å²) in [5.41, 5.74) is 14.1. The number of imide groups is 1.